The van der Waals surface area contributed by atoms with Gasteiger partial charge in [-0.2, -0.15) is 0 Å². The van der Waals surface area contributed by atoms with E-state index in [2.05, 4.69) is 0 Å². The van der Waals surface area contributed by atoms with E-state index in [-0.39, 0.29) is 24.5 Å². The topological polar surface area (TPSA) is 66.8 Å². The minimum absolute atomic E-state index is 0.0718. The molecule has 0 aromatic rings. The normalized spacial score (nSPS) is 28.3. The summed E-state index contributed by atoms with van der Waals surface area (Å²) in [6.07, 6.45) is 5.20. The molecular formula is C13H21NO4. The number of carbonyl (C=O) groups is 2. The summed E-state index contributed by atoms with van der Waals surface area (Å²) in [7, 11) is 0. The lowest BCUT2D eigenvalue weighted by Gasteiger charge is -2.37. The minimum atomic E-state index is -0.787. The lowest BCUT2D eigenvalue weighted by Crippen LogP contribution is -2.48. The van der Waals surface area contributed by atoms with E-state index in [0.717, 1.165) is 38.6 Å². The van der Waals surface area contributed by atoms with E-state index in [4.69, 9.17) is 9.84 Å². The molecule has 0 aliphatic carbocycles. The van der Waals surface area contributed by atoms with Gasteiger partial charge in [-0.25, -0.2) is 0 Å². The van der Waals surface area contributed by atoms with E-state index in [1.807, 2.05) is 4.90 Å². The fourth-order valence-electron chi connectivity index (χ4n) is 2.84. The highest BCUT2D eigenvalue weighted by atomic mass is 16.5. The number of ether oxygens (including phenoxy) is 1. The number of aliphatic carboxylic acids is 1. The smallest absolute Gasteiger partial charge is 0.303 e. The van der Waals surface area contributed by atoms with Crippen LogP contribution >= 0.6 is 0 Å². The van der Waals surface area contributed by atoms with Crippen LogP contribution in [0.3, 0.4) is 0 Å². The molecule has 2 rings (SSSR count). The van der Waals surface area contributed by atoms with Crippen LogP contribution < -0.4 is 0 Å². The Labute approximate surface area is 107 Å². The first-order valence-electron chi connectivity index (χ1n) is 6.82. The Bertz CT molecular complexity index is 312. The molecule has 2 heterocycles. The maximum atomic E-state index is 12.3. The molecule has 0 saturated carbocycles. The first kappa shape index (κ1) is 13.3. The van der Waals surface area contributed by atoms with E-state index in [1.165, 1.54) is 0 Å². The second kappa shape index (κ2) is 6.18. The molecule has 0 spiro atoms. The van der Waals surface area contributed by atoms with Gasteiger partial charge in [0.2, 0.25) is 0 Å². The van der Waals surface area contributed by atoms with Gasteiger partial charge in [-0.05, 0) is 38.5 Å². The summed E-state index contributed by atoms with van der Waals surface area (Å²) in [6, 6.07) is 0.0894. The van der Waals surface area contributed by atoms with Crippen LogP contribution in [0.2, 0.25) is 0 Å². The lowest BCUT2D eigenvalue weighted by molar-refractivity contribution is -0.146. The van der Waals surface area contributed by atoms with Crippen molar-refractivity contribution in [3.8, 4) is 0 Å². The molecule has 0 unspecified atom stereocenters. The summed E-state index contributed by atoms with van der Waals surface area (Å²) < 4.78 is 5.43. The zero-order chi connectivity index (χ0) is 13.0. The van der Waals surface area contributed by atoms with Crippen molar-refractivity contribution in [3.05, 3.63) is 0 Å². The summed E-state index contributed by atoms with van der Waals surface area (Å²) >= 11 is 0. The summed E-state index contributed by atoms with van der Waals surface area (Å²) in [5.74, 6) is -0.715. The molecule has 0 aromatic heterocycles. The molecule has 2 fully saturated rings. The quantitative estimate of drug-likeness (QED) is 0.824. The lowest BCUT2D eigenvalue weighted by atomic mass is 9.97. The van der Waals surface area contributed by atoms with E-state index in [0.29, 0.717) is 13.0 Å². The van der Waals surface area contributed by atoms with E-state index >= 15 is 0 Å². The largest absolute Gasteiger partial charge is 0.481 e. The first-order valence-corrected chi connectivity index (χ1v) is 6.82. The van der Waals surface area contributed by atoms with Crippen molar-refractivity contribution < 1.29 is 19.4 Å². The summed E-state index contributed by atoms with van der Waals surface area (Å²) in [5.41, 5.74) is 0. The third-order valence-corrected chi connectivity index (χ3v) is 3.81. The van der Waals surface area contributed by atoms with Gasteiger partial charge < -0.3 is 14.7 Å². The van der Waals surface area contributed by atoms with Gasteiger partial charge in [-0.15, -0.1) is 0 Å². The highest BCUT2D eigenvalue weighted by Gasteiger charge is 2.33. The van der Waals surface area contributed by atoms with Gasteiger partial charge >= 0.3 is 5.97 Å². The van der Waals surface area contributed by atoms with Crippen molar-refractivity contribution in [2.24, 2.45) is 0 Å². The molecule has 1 amide bonds. The number of amides is 1. The highest BCUT2D eigenvalue weighted by molar-refractivity contribution is 5.81. The van der Waals surface area contributed by atoms with Crippen LogP contribution in [0.4, 0.5) is 0 Å². The fourth-order valence-corrected chi connectivity index (χ4v) is 2.84. The monoisotopic (exact) mass is 255 g/mol. The van der Waals surface area contributed by atoms with Crippen LogP contribution in [-0.2, 0) is 14.3 Å². The third-order valence-electron chi connectivity index (χ3n) is 3.81. The number of carboxylic acid groups (broad SMARTS) is 1. The number of likely N-dealkylation sites (tertiary alicyclic amines) is 1. The fraction of sp³-hybridized carbons (Fsp3) is 0.846. The summed E-state index contributed by atoms with van der Waals surface area (Å²) in [4.78, 5) is 24.8. The van der Waals surface area contributed by atoms with E-state index < -0.39 is 5.97 Å². The summed E-state index contributed by atoms with van der Waals surface area (Å²) in [6.45, 7) is 1.42. The van der Waals surface area contributed by atoms with Crippen molar-refractivity contribution in [1.82, 2.24) is 4.90 Å². The van der Waals surface area contributed by atoms with E-state index in [9.17, 15) is 9.59 Å². The van der Waals surface area contributed by atoms with Crippen LogP contribution in [0, 0.1) is 0 Å². The maximum absolute atomic E-state index is 12.3. The Kier molecular flexibility index (Phi) is 4.58. The number of hydrogen-bond acceptors (Lipinski definition) is 3. The van der Waals surface area contributed by atoms with Gasteiger partial charge in [-0.1, -0.05) is 0 Å². The Balaban J connectivity index is 1.93. The van der Waals surface area contributed by atoms with Crippen LogP contribution in [-0.4, -0.2) is 47.2 Å². The van der Waals surface area contributed by atoms with E-state index in [1.54, 1.807) is 0 Å². The van der Waals surface area contributed by atoms with Crippen molar-refractivity contribution in [2.45, 2.75) is 57.1 Å². The van der Waals surface area contributed by atoms with Crippen LogP contribution in [0.1, 0.15) is 44.9 Å². The van der Waals surface area contributed by atoms with Gasteiger partial charge in [0, 0.05) is 25.6 Å². The zero-order valence-corrected chi connectivity index (χ0v) is 10.6. The van der Waals surface area contributed by atoms with Crippen molar-refractivity contribution in [1.29, 1.82) is 0 Å². The number of nitrogens with zero attached hydrogens (tertiary/aromatic N) is 1. The second-order valence-electron chi connectivity index (χ2n) is 5.12. The third kappa shape index (κ3) is 3.22. The van der Waals surface area contributed by atoms with Gasteiger partial charge in [0.1, 0.15) is 6.10 Å². The number of rotatable bonds is 4. The number of carbonyl (C=O) groups excluding carboxylic acids is 1. The van der Waals surface area contributed by atoms with Gasteiger partial charge in [0.15, 0.2) is 0 Å². The first-order chi connectivity index (χ1) is 8.68. The van der Waals surface area contributed by atoms with Crippen LogP contribution in [0.25, 0.3) is 0 Å². The van der Waals surface area contributed by atoms with Crippen LogP contribution in [0.15, 0.2) is 0 Å². The second-order valence-corrected chi connectivity index (χ2v) is 5.12. The minimum Gasteiger partial charge on any atom is -0.481 e. The van der Waals surface area contributed by atoms with Gasteiger partial charge in [-0.3, -0.25) is 9.59 Å². The molecule has 2 aliphatic rings. The summed E-state index contributed by atoms with van der Waals surface area (Å²) in [5, 5.41) is 8.75. The number of hydrogen-bond donors (Lipinski definition) is 1. The van der Waals surface area contributed by atoms with Crippen molar-refractivity contribution in [3.63, 3.8) is 0 Å². The maximum Gasteiger partial charge on any atom is 0.303 e. The van der Waals surface area contributed by atoms with Crippen molar-refractivity contribution >= 4 is 11.9 Å². The van der Waals surface area contributed by atoms with Gasteiger partial charge in [0.05, 0.1) is 0 Å². The molecule has 1 N–H and O–H groups in total. The number of piperidine rings is 1. The molecule has 5 heteroatoms. The average molecular weight is 255 g/mol. The molecule has 2 atom stereocenters. The Morgan fingerprint density at radius 2 is 2.06 bits per heavy atom. The molecular weight excluding hydrogens is 234 g/mol. The Morgan fingerprint density at radius 1 is 1.22 bits per heavy atom. The molecule has 5 nitrogen and oxygen atoms in total. The Hall–Kier alpha value is -1.10. The van der Waals surface area contributed by atoms with Crippen molar-refractivity contribution in [2.75, 3.05) is 13.2 Å². The van der Waals surface area contributed by atoms with Gasteiger partial charge in [0.25, 0.3) is 5.91 Å². The molecule has 0 radical (unpaired) electrons. The molecule has 0 aromatic carbocycles. The average Bonchev–Trinajstić information content (AvgIpc) is 2.89. The zero-order valence-electron chi connectivity index (χ0n) is 10.6. The van der Waals surface area contributed by atoms with Crippen LogP contribution in [0.5, 0.6) is 0 Å². The molecule has 2 aliphatic heterocycles. The predicted octanol–water partition coefficient (Wildman–Crippen LogP) is 1.41. The highest BCUT2D eigenvalue weighted by Crippen LogP contribution is 2.24. The molecule has 18 heavy (non-hydrogen) atoms. The Morgan fingerprint density at radius 3 is 2.72 bits per heavy atom. The SMILES string of the molecule is O=C(O)CC[C@H]1CCCCN1C(=O)[C@H]1CCCO1. The predicted molar refractivity (Wildman–Crippen MR) is 65.2 cm³/mol. The number of carboxylic acids is 1. The molecule has 0 bridgehead atoms. The molecule has 2 saturated heterocycles. The molecule has 102 valence electrons. The standard InChI is InChI=1S/C13H21NO4/c15-12(16)7-6-10-4-1-2-8-14(10)13(17)11-5-3-9-18-11/h10-11H,1-9H2,(H,15,16)/t10-,11-/m1/s1.